The van der Waals surface area contributed by atoms with E-state index >= 15 is 0 Å². The van der Waals surface area contributed by atoms with E-state index in [2.05, 4.69) is 63.1 Å². The highest BCUT2D eigenvalue weighted by Gasteiger charge is 2.68. The lowest BCUT2D eigenvalue weighted by atomic mass is 9.50. The van der Waals surface area contributed by atoms with E-state index in [1.54, 1.807) is 0 Å². The van der Waals surface area contributed by atoms with Gasteiger partial charge in [0.25, 0.3) is 0 Å². The molecular weight excluding hydrogens is 930 g/mol. The zero-order valence-corrected chi connectivity index (χ0v) is 43.5. The van der Waals surface area contributed by atoms with Gasteiger partial charge in [-0.15, -0.1) is 0 Å². The van der Waals surface area contributed by atoms with Crippen LogP contribution in [0, 0.1) is 5.92 Å². The van der Waals surface area contributed by atoms with Gasteiger partial charge < -0.3 is 78.6 Å². The van der Waals surface area contributed by atoms with E-state index in [1.807, 2.05) is 0 Å². The molecule has 0 heterocycles. The summed E-state index contributed by atoms with van der Waals surface area (Å²) in [7, 11) is 12.7. The molecule has 0 saturated heterocycles. The Kier molecular flexibility index (Phi) is 26.9. The molecule has 0 N–H and O–H groups in total. The van der Waals surface area contributed by atoms with Crippen molar-refractivity contribution in [2.75, 3.05) is 81.6 Å². The number of carbonyl (C=O) groups is 3. The maximum atomic E-state index is 13.9. The molecule has 12 heteroatoms. The number of esters is 3. The number of likely N-dealkylation sites (N-methyl/N-ethyl adjacent to an activating group) is 3. The molecule has 0 aromatic carbocycles. The number of rotatable bonds is 30. The van der Waals surface area contributed by atoms with Gasteiger partial charge in [0.1, 0.15) is 16.8 Å². The summed E-state index contributed by atoms with van der Waals surface area (Å²) < 4.78 is 21.6. The van der Waals surface area contributed by atoms with Crippen molar-refractivity contribution >= 4 is 17.9 Å². The number of hydrogen-bond acceptors (Lipinski definition) is 6. The molecule has 4 fully saturated rings. The molecule has 0 amide bonds. The molecular formula is C46H88Br3N3O6. The highest BCUT2D eigenvalue weighted by Crippen LogP contribution is 2.63. The standard InChI is InChI=1S/C46H88N3O6.3BrH/c1-10-13-16-19-22-25-28-47(4,5)34-41(50)53-44-31-40-32-45(37-44,54-42(51)35-48(6,7)29-26-23-20-17-14-11-2)39-46(33-40,38-44)55-43(52)36-49(8,9)30-27-24-21-18-15-12-3;;;/h40H,10-39H2,1-9H3;3*1H/q+3;;;/p-3. The second-order valence-electron chi connectivity index (χ2n) is 20.7. The average Bonchev–Trinajstić information content (AvgIpc) is 3.03. The van der Waals surface area contributed by atoms with Gasteiger partial charge in [0.2, 0.25) is 0 Å². The number of nitrogens with zero attached hydrogens (tertiary/aromatic N) is 3. The number of unbranched alkanes of at least 4 members (excludes halogenated alkanes) is 15. The highest BCUT2D eigenvalue weighted by atomic mass is 79.9. The van der Waals surface area contributed by atoms with Crippen molar-refractivity contribution in [1.29, 1.82) is 0 Å². The van der Waals surface area contributed by atoms with Crippen LogP contribution in [-0.2, 0) is 28.6 Å². The first-order valence-electron chi connectivity index (χ1n) is 23.0. The van der Waals surface area contributed by atoms with Gasteiger partial charge in [0, 0.05) is 19.3 Å². The van der Waals surface area contributed by atoms with Crippen LogP contribution in [0.4, 0.5) is 0 Å². The third-order valence-electron chi connectivity index (χ3n) is 12.9. The quantitative estimate of drug-likeness (QED) is 0.0443. The Morgan fingerprint density at radius 1 is 0.414 bits per heavy atom. The van der Waals surface area contributed by atoms with Gasteiger partial charge >= 0.3 is 17.9 Å². The summed E-state index contributed by atoms with van der Waals surface area (Å²) in [5.74, 6) is -0.440. The Balaban J connectivity index is 0.0000108. The maximum absolute atomic E-state index is 13.9. The van der Waals surface area contributed by atoms with E-state index in [4.69, 9.17) is 14.2 Å². The topological polar surface area (TPSA) is 78.9 Å². The van der Waals surface area contributed by atoms with Crippen LogP contribution in [0.3, 0.4) is 0 Å². The van der Waals surface area contributed by atoms with Gasteiger partial charge in [-0.3, -0.25) is 0 Å². The Morgan fingerprint density at radius 3 is 0.879 bits per heavy atom. The van der Waals surface area contributed by atoms with Crippen LogP contribution in [0.2, 0.25) is 0 Å². The molecule has 0 aromatic heterocycles. The van der Waals surface area contributed by atoms with Crippen molar-refractivity contribution in [2.45, 2.75) is 192 Å². The molecule has 0 unspecified atom stereocenters. The lowest BCUT2D eigenvalue weighted by Crippen LogP contribution is -3.00. The van der Waals surface area contributed by atoms with Crippen LogP contribution in [0.5, 0.6) is 0 Å². The predicted octanol–water partition coefficient (Wildman–Crippen LogP) is 0.153. The number of hydrogen-bond donors (Lipinski definition) is 0. The van der Waals surface area contributed by atoms with Crippen LogP contribution in [0.25, 0.3) is 0 Å². The van der Waals surface area contributed by atoms with E-state index in [0.29, 0.717) is 52.3 Å². The first-order valence-corrected chi connectivity index (χ1v) is 23.0. The Bertz CT molecular complexity index is 1050. The first kappa shape index (κ1) is 57.7. The first-order chi connectivity index (χ1) is 25.9. The minimum absolute atomic E-state index is 0. The molecule has 9 nitrogen and oxygen atoms in total. The predicted molar refractivity (Wildman–Crippen MR) is 223 cm³/mol. The number of ether oxygens (including phenoxy) is 3. The number of quaternary nitrogens is 3. The maximum Gasteiger partial charge on any atom is 0.362 e. The van der Waals surface area contributed by atoms with Gasteiger partial charge in [-0.2, -0.15) is 0 Å². The summed E-state index contributed by atoms with van der Waals surface area (Å²) >= 11 is 0. The summed E-state index contributed by atoms with van der Waals surface area (Å²) in [6, 6.07) is 0. The highest BCUT2D eigenvalue weighted by molar-refractivity contribution is 5.73. The molecule has 0 spiro atoms. The third kappa shape index (κ3) is 20.7. The van der Waals surface area contributed by atoms with Gasteiger partial charge in [0.05, 0.1) is 61.9 Å². The van der Waals surface area contributed by atoms with Crippen molar-refractivity contribution in [3.63, 3.8) is 0 Å². The van der Waals surface area contributed by atoms with Gasteiger partial charge in [-0.05, 0) is 63.7 Å². The van der Waals surface area contributed by atoms with Crippen LogP contribution in [0.15, 0.2) is 0 Å². The molecule has 0 radical (unpaired) electrons. The van der Waals surface area contributed by atoms with Crippen LogP contribution >= 0.6 is 0 Å². The molecule has 4 aliphatic carbocycles. The van der Waals surface area contributed by atoms with E-state index in [-0.39, 0.29) is 74.8 Å². The van der Waals surface area contributed by atoms with E-state index in [9.17, 15) is 14.4 Å². The molecule has 58 heavy (non-hydrogen) atoms. The fourth-order valence-corrected chi connectivity index (χ4v) is 10.6. The molecule has 4 rings (SSSR count). The van der Waals surface area contributed by atoms with Gasteiger partial charge in [-0.25, -0.2) is 14.4 Å². The van der Waals surface area contributed by atoms with Crippen LogP contribution in [0.1, 0.15) is 175 Å². The molecule has 4 saturated carbocycles. The summed E-state index contributed by atoms with van der Waals surface area (Å²) in [4.78, 5) is 41.6. The second kappa shape index (κ2) is 27.0. The van der Waals surface area contributed by atoms with Crippen molar-refractivity contribution < 1.29 is 93.0 Å². The second-order valence-corrected chi connectivity index (χ2v) is 20.7. The van der Waals surface area contributed by atoms with Crippen LogP contribution in [-0.4, -0.2) is 130 Å². The summed E-state index contributed by atoms with van der Waals surface area (Å²) in [5.41, 5.74) is -2.41. The Hall–Kier alpha value is -0.270. The minimum Gasteiger partial charge on any atom is -1.00 e. The molecule has 0 atom stereocenters. The Labute approximate surface area is 387 Å². The van der Waals surface area contributed by atoms with E-state index in [0.717, 1.165) is 58.2 Å². The monoisotopic (exact) mass is 1020 g/mol. The van der Waals surface area contributed by atoms with Gasteiger partial charge in [-0.1, -0.05) is 97.8 Å². The van der Waals surface area contributed by atoms with E-state index < -0.39 is 16.8 Å². The van der Waals surface area contributed by atoms with Crippen molar-refractivity contribution in [2.24, 2.45) is 5.92 Å². The molecule has 0 aliphatic heterocycles. The van der Waals surface area contributed by atoms with Gasteiger partial charge in [0.15, 0.2) is 19.6 Å². The van der Waals surface area contributed by atoms with Crippen molar-refractivity contribution in [1.82, 2.24) is 0 Å². The molecule has 4 bridgehead atoms. The normalized spacial score (nSPS) is 23.6. The fourth-order valence-electron chi connectivity index (χ4n) is 10.6. The van der Waals surface area contributed by atoms with E-state index in [1.165, 1.54) is 96.3 Å². The lowest BCUT2D eigenvalue weighted by Gasteiger charge is -2.63. The number of carbonyl (C=O) groups excluding carboxylic acids is 3. The third-order valence-corrected chi connectivity index (χ3v) is 12.9. The molecule has 0 aromatic rings. The van der Waals surface area contributed by atoms with Crippen molar-refractivity contribution in [3.8, 4) is 0 Å². The Morgan fingerprint density at radius 2 is 0.638 bits per heavy atom. The number of halogens is 3. The summed E-state index contributed by atoms with van der Waals surface area (Å²) in [5, 5.41) is 0. The zero-order valence-electron chi connectivity index (χ0n) is 38.7. The zero-order chi connectivity index (χ0) is 40.6. The minimum atomic E-state index is -0.803. The van der Waals surface area contributed by atoms with Crippen LogP contribution < -0.4 is 50.9 Å². The molecule has 344 valence electrons. The summed E-state index contributed by atoms with van der Waals surface area (Å²) in [6.07, 6.45) is 25.7. The molecule has 4 aliphatic rings. The smallest absolute Gasteiger partial charge is 0.362 e. The SMILES string of the molecule is CCCCCCCC[N+](C)(C)CC(=O)OC12CC3CC(OC(=O)C[N+](C)(C)CCCCCCCC)(C1)CC(OC(=O)C[N+](C)(C)CCCCCCCC)(C3)C2.[Br-].[Br-].[Br-]. The summed E-state index contributed by atoms with van der Waals surface area (Å²) in [6.45, 7) is 10.4. The van der Waals surface area contributed by atoms with Crippen molar-refractivity contribution in [3.05, 3.63) is 0 Å². The fraction of sp³-hybridized carbons (Fsp3) is 0.935. The average molecular weight is 1020 g/mol. The largest absolute Gasteiger partial charge is 1.00 e. The lowest BCUT2D eigenvalue weighted by molar-refractivity contribution is -0.883.